The molecule has 2 heterocycles. The van der Waals surface area contributed by atoms with E-state index in [-0.39, 0.29) is 0 Å². The third kappa shape index (κ3) is 1.73. The van der Waals surface area contributed by atoms with E-state index in [0.29, 0.717) is 17.0 Å². The molecule has 0 saturated heterocycles. The average Bonchev–Trinajstić information content (AvgIpc) is 2.95. The Labute approximate surface area is 99.1 Å². The number of imidazole rings is 1. The lowest BCUT2D eigenvalue weighted by Crippen LogP contribution is -2.04. The first-order chi connectivity index (χ1) is 8.54. The van der Waals surface area contributed by atoms with E-state index in [2.05, 4.69) is 15.1 Å². The van der Waals surface area contributed by atoms with Gasteiger partial charge in [-0.3, -0.25) is 0 Å². The molecule has 4 nitrogen and oxygen atoms in total. The molecule has 0 aliphatic rings. The molecule has 0 bridgehead atoms. The van der Waals surface area contributed by atoms with Crippen LogP contribution >= 0.6 is 0 Å². The number of aromatic nitrogens is 4. The van der Waals surface area contributed by atoms with Crippen LogP contribution in [-0.2, 0) is 6.18 Å². The molecular formula is C11H7F3N4. The second-order valence-electron chi connectivity index (χ2n) is 3.74. The second kappa shape index (κ2) is 3.59. The monoisotopic (exact) mass is 252 g/mol. The fourth-order valence-electron chi connectivity index (χ4n) is 1.68. The van der Waals surface area contributed by atoms with Crippen LogP contribution < -0.4 is 0 Å². The number of halogens is 3. The Bertz CT molecular complexity index is 682. The van der Waals surface area contributed by atoms with Crippen molar-refractivity contribution in [3.63, 3.8) is 0 Å². The number of hydrogen-bond acceptors (Lipinski definition) is 2. The van der Waals surface area contributed by atoms with E-state index < -0.39 is 11.7 Å². The van der Waals surface area contributed by atoms with Crippen molar-refractivity contribution in [1.82, 2.24) is 19.7 Å². The molecule has 0 atom stereocenters. The van der Waals surface area contributed by atoms with E-state index in [0.717, 1.165) is 12.1 Å². The summed E-state index contributed by atoms with van der Waals surface area (Å²) in [7, 11) is 0. The van der Waals surface area contributed by atoms with Gasteiger partial charge in [-0.1, -0.05) is 0 Å². The second-order valence-corrected chi connectivity index (χ2v) is 3.74. The van der Waals surface area contributed by atoms with Gasteiger partial charge in [-0.2, -0.15) is 18.3 Å². The van der Waals surface area contributed by atoms with Crippen molar-refractivity contribution >= 4 is 11.0 Å². The standard InChI is InChI=1S/C11H7F3N4/c12-11(13,14)7-2-3-8-9(6-7)17-10(16-8)18-5-1-4-15-18/h1-6H,(H,16,17). The Morgan fingerprint density at radius 2 is 2.06 bits per heavy atom. The molecule has 1 N–H and O–H groups in total. The highest BCUT2D eigenvalue weighted by Crippen LogP contribution is 2.30. The number of alkyl halides is 3. The summed E-state index contributed by atoms with van der Waals surface area (Å²) in [6, 6.07) is 5.08. The van der Waals surface area contributed by atoms with Gasteiger partial charge in [0.1, 0.15) is 0 Å². The molecule has 92 valence electrons. The summed E-state index contributed by atoms with van der Waals surface area (Å²) in [5.41, 5.74) is 0.0921. The molecule has 7 heteroatoms. The summed E-state index contributed by atoms with van der Waals surface area (Å²) >= 11 is 0. The minimum absolute atomic E-state index is 0.329. The van der Waals surface area contributed by atoms with Crippen LogP contribution in [0.5, 0.6) is 0 Å². The smallest absolute Gasteiger partial charge is 0.322 e. The Morgan fingerprint density at radius 1 is 1.22 bits per heavy atom. The average molecular weight is 252 g/mol. The summed E-state index contributed by atoms with van der Waals surface area (Å²) in [6.07, 6.45) is -1.14. The van der Waals surface area contributed by atoms with E-state index in [1.165, 1.54) is 10.7 Å². The van der Waals surface area contributed by atoms with Gasteiger partial charge in [-0.05, 0) is 24.3 Å². The maximum Gasteiger partial charge on any atom is 0.416 e. The Morgan fingerprint density at radius 3 is 2.72 bits per heavy atom. The van der Waals surface area contributed by atoms with Gasteiger partial charge in [0.25, 0.3) is 0 Å². The number of hydrogen-bond donors (Lipinski definition) is 1. The summed E-state index contributed by atoms with van der Waals surface area (Å²) in [6.45, 7) is 0. The van der Waals surface area contributed by atoms with Crippen LogP contribution in [0.25, 0.3) is 17.0 Å². The predicted octanol–water partition coefficient (Wildman–Crippen LogP) is 2.77. The normalized spacial score (nSPS) is 12.2. The van der Waals surface area contributed by atoms with E-state index in [9.17, 15) is 13.2 Å². The van der Waals surface area contributed by atoms with Crippen molar-refractivity contribution in [3.05, 3.63) is 42.2 Å². The quantitative estimate of drug-likeness (QED) is 0.723. The highest BCUT2D eigenvalue weighted by atomic mass is 19.4. The van der Waals surface area contributed by atoms with E-state index in [4.69, 9.17) is 0 Å². The van der Waals surface area contributed by atoms with Gasteiger partial charge in [-0.25, -0.2) is 9.67 Å². The molecule has 1 aromatic carbocycles. The van der Waals surface area contributed by atoms with Crippen molar-refractivity contribution in [2.24, 2.45) is 0 Å². The van der Waals surface area contributed by atoms with E-state index >= 15 is 0 Å². The highest BCUT2D eigenvalue weighted by molar-refractivity contribution is 5.77. The molecule has 0 unspecified atom stereocenters. The van der Waals surface area contributed by atoms with Crippen molar-refractivity contribution < 1.29 is 13.2 Å². The predicted molar refractivity (Wildman–Crippen MR) is 58.2 cm³/mol. The maximum absolute atomic E-state index is 12.5. The lowest BCUT2D eigenvalue weighted by atomic mass is 10.2. The summed E-state index contributed by atoms with van der Waals surface area (Å²) in [4.78, 5) is 6.96. The molecule has 0 saturated carbocycles. The molecule has 0 fully saturated rings. The molecule has 3 rings (SSSR count). The summed E-state index contributed by atoms with van der Waals surface area (Å²) in [5.74, 6) is 0.384. The topological polar surface area (TPSA) is 46.5 Å². The molecule has 0 aliphatic carbocycles. The molecular weight excluding hydrogens is 245 g/mol. The van der Waals surface area contributed by atoms with Crippen LogP contribution in [0.4, 0.5) is 13.2 Å². The van der Waals surface area contributed by atoms with Gasteiger partial charge < -0.3 is 4.98 Å². The maximum atomic E-state index is 12.5. The molecule has 0 amide bonds. The van der Waals surface area contributed by atoms with Crippen molar-refractivity contribution in [1.29, 1.82) is 0 Å². The number of rotatable bonds is 1. The van der Waals surface area contributed by atoms with Gasteiger partial charge in [0, 0.05) is 12.4 Å². The van der Waals surface area contributed by atoms with Crippen LogP contribution in [0.3, 0.4) is 0 Å². The number of nitrogens with zero attached hydrogens (tertiary/aromatic N) is 3. The SMILES string of the molecule is FC(F)(F)c1ccc2nc(-n3cccn3)[nH]c2c1. The third-order valence-corrected chi connectivity index (χ3v) is 2.52. The lowest BCUT2D eigenvalue weighted by molar-refractivity contribution is -0.137. The highest BCUT2D eigenvalue weighted by Gasteiger charge is 2.30. The van der Waals surface area contributed by atoms with Gasteiger partial charge in [0.2, 0.25) is 5.95 Å². The van der Waals surface area contributed by atoms with E-state index in [1.807, 2.05) is 0 Å². The lowest BCUT2D eigenvalue weighted by Gasteiger charge is -2.04. The van der Waals surface area contributed by atoms with Crippen molar-refractivity contribution in [3.8, 4) is 5.95 Å². The number of benzene rings is 1. The first kappa shape index (κ1) is 10.8. The molecule has 3 aromatic rings. The van der Waals surface area contributed by atoms with E-state index in [1.54, 1.807) is 18.5 Å². The largest absolute Gasteiger partial charge is 0.416 e. The molecule has 0 spiro atoms. The minimum atomic E-state index is -4.36. The van der Waals surface area contributed by atoms with Crippen LogP contribution in [0.15, 0.2) is 36.7 Å². The van der Waals surface area contributed by atoms with Crippen LogP contribution in [0.2, 0.25) is 0 Å². The van der Waals surface area contributed by atoms with Crippen molar-refractivity contribution in [2.75, 3.05) is 0 Å². The van der Waals surface area contributed by atoms with Crippen molar-refractivity contribution in [2.45, 2.75) is 6.18 Å². The molecule has 18 heavy (non-hydrogen) atoms. The zero-order valence-electron chi connectivity index (χ0n) is 8.94. The fraction of sp³-hybridized carbons (Fsp3) is 0.0909. The Kier molecular flexibility index (Phi) is 2.16. The number of nitrogens with one attached hydrogen (secondary N) is 1. The Hall–Kier alpha value is -2.31. The van der Waals surface area contributed by atoms with Gasteiger partial charge in [-0.15, -0.1) is 0 Å². The third-order valence-electron chi connectivity index (χ3n) is 2.52. The summed E-state index contributed by atoms with van der Waals surface area (Å²) < 4.78 is 39.1. The number of fused-ring (bicyclic) bond motifs is 1. The molecule has 0 aliphatic heterocycles. The zero-order chi connectivity index (χ0) is 12.8. The summed E-state index contributed by atoms with van der Waals surface area (Å²) in [5, 5.41) is 3.95. The van der Waals surface area contributed by atoms with Gasteiger partial charge in [0.15, 0.2) is 0 Å². The number of aromatic amines is 1. The minimum Gasteiger partial charge on any atom is -0.322 e. The number of H-pyrrole nitrogens is 1. The molecule has 2 aromatic heterocycles. The fourth-order valence-corrected chi connectivity index (χ4v) is 1.68. The Balaban J connectivity index is 2.13. The van der Waals surface area contributed by atoms with Crippen LogP contribution in [0.1, 0.15) is 5.56 Å². The molecule has 0 radical (unpaired) electrons. The first-order valence-corrected chi connectivity index (χ1v) is 5.11. The zero-order valence-corrected chi connectivity index (χ0v) is 8.94. The van der Waals surface area contributed by atoms with Crippen LogP contribution in [-0.4, -0.2) is 19.7 Å². The first-order valence-electron chi connectivity index (χ1n) is 5.11. The van der Waals surface area contributed by atoms with Gasteiger partial charge >= 0.3 is 6.18 Å². The van der Waals surface area contributed by atoms with Crippen LogP contribution in [0, 0.1) is 0 Å². The van der Waals surface area contributed by atoms with Gasteiger partial charge in [0.05, 0.1) is 16.6 Å².